The van der Waals surface area contributed by atoms with Crippen molar-refractivity contribution in [3.63, 3.8) is 0 Å². The summed E-state index contributed by atoms with van der Waals surface area (Å²) < 4.78 is 1.89. The number of likely N-dealkylation sites (tertiary alicyclic amines) is 1. The minimum atomic E-state index is 0.0691. The third-order valence-electron chi connectivity index (χ3n) is 6.08. The number of hydrogen-bond acceptors (Lipinski definition) is 6. The van der Waals surface area contributed by atoms with Gasteiger partial charge in [-0.15, -0.1) is 11.3 Å². The molecule has 0 unspecified atom stereocenters. The lowest BCUT2D eigenvalue weighted by Gasteiger charge is -2.37. The Morgan fingerprint density at radius 1 is 1.07 bits per heavy atom. The summed E-state index contributed by atoms with van der Waals surface area (Å²) in [4.78, 5) is 31.9. The van der Waals surface area contributed by atoms with Crippen molar-refractivity contribution in [3.05, 3.63) is 40.3 Å². The van der Waals surface area contributed by atoms with Gasteiger partial charge in [0.15, 0.2) is 0 Å². The lowest BCUT2D eigenvalue weighted by molar-refractivity contribution is -0.134. The predicted octanol–water partition coefficient (Wildman–Crippen LogP) is 1.10. The van der Waals surface area contributed by atoms with Crippen LogP contribution in [0, 0.1) is 0 Å². The minimum Gasteiger partial charge on any atom is -0.394 e. The van der Waals surface area contributed by atoms with Crippen molar-refractivity contribution in [2.75, 3.05) is 52.4 Å². The summed E-state index contributed by atoms with van der Waals surface area (Å²) in [5, 5.41) is 15.4. The highest BCUT2D eigenvalue weighted by molar-refractivity contribution is 7.12. The standard InChI is InChI=1S/C21H29N5O3S/c27-14-13-26-18(3-6-22-26)17-4-7-23(8-5-17)16-20(28)24-9-11-25(12-10-24)21(29)19-2-1-15-30-19/h1-3,6,15,17,27H,4-5,7-14,16H2. The molecule has 9 heteroatoms. The normalized spacial score (nSPS) is 18.7. The smallest absolute Gasteiger partial charge is 0.264 e. The van der Waals surface area contributed by atoms with Gasteiger partial charge in [-0.05, 0) is 43.4 Å². The van der Waals surface area contributed by atoms with E-state index in [1.165, 1.54) is 17.0 Å². The van der Waals surface area contributed by atoms with Gasteiger partial charge in [0.1, 0.15) is 0 Å². The summed E-state index contributed by atoms with van der Waals surface area (Å²) in [5.74, 6) is 0.652. The SMILES string of the molecule is O=C(CN1CCC(c2ccnn2CCO)CC1)N1CCN(C(=O)c2cccs2)CC1. The molecular formula is C21H29N5O3S. The highest BCUT2D eigenvalue weighted by Gasteiger charge is 2.28. The average molecular weight is 432 g/mol. The van der Waals surface area contributed by atoms with Crippen molar-refractivity contribution in [1.82, 2.24) is 24.5 Å². The van der Waals surface area contributed by atoms with E-state index in [1.807, 2.05) is 38.1 Å². The topological polar surface area (TPSA) is 81.9 Å². The van der Waals surface area contributed by atoms with Gasteiger partial charge in [-0.3, -0.25) is 19.2 Å². The molecule has 0 bridgehead atoms. The first-order chi connectivity index (χ1) is 14.7. The number of piperidine rings is 1. The van der Waals surface area contributed by atoms with E-state index < -0.39 is 0 Å². The minimum absolute atomic E-state index is 0.0691. The van der Waals surface area contributed by atoms with Crippen molar-refractivity contribution in [3.8, 4) is 0 Å². The summed E-state index contributed by atoms with van der Waals surface area (Å²) in [7, 11) is 0. The van der Waals surface area contributed by atoms with Gasteiger partial charge >= 0.3 is 0 Å². The number of amides is 2. The van der Waals surface area contributed by atoms with E-state index in [9.17, 15) is 14.7 Å². The van der Waals surface area contributed by atoms with Crippen LogP contribution in [0.5, 0.6) is 0 Å². The second kappa shape index (κ2) is 9.72. The lowest BCUT2D eigenvalue weighted by Crippen LogP contribution is -2.53. The van der Waals surface area contributed by atoms with Crippen LogP contribution in [0.4, 0.5) is 0 Å². The number of aliphatic hydroxyl groups is 1. The molecule has 8 nitrogen and oxygen atoms in total. The quantitative estimate of drug-likeness (QED) is 0.741. The molecule has 1 N–H and O–H groups in total. The lowest BCUT2D eigenvalue weighted by atomic mass is 9.93. The Hall–Kier alpha value is -2.23. The van der Waals surface area contributed by atoms with Crippen LogP contribution < -0.4 is 0 Å². The fraction of sp³-hybridized carbons (Fsp3) is 0.571. The molecule has 0 atom stereocenters. The Morgan fingerprint density at radius 3 is 2.47 bits per heavy atom. The highest BCUT2D eigenvalue weighted by Crippen LogP contribution is 2.27. The summed E-state index contributed by atoms with van der Waals surface area (Å²) in [5.41, 5.74) is 1.18. The monoisotopic (exact) mass is 431 g/mol. The van der Waals surface area contributed by atoms with Gasteiger partial charge in [0.25, 0.3) is 5.91 Å². The van der Waals surface area contributed by atoms with E-state index in [0.29, 0.717) is 45.2 Å². The Bertz CT molecular complexity index is 837. The molecule has 0 aliphatic carbocycles. The predicted molar refractivity (Wildman–Crippen MR) is 115 cm³/mol. The third-order valence-corrected chi connectivity index (χ3v) is 6.94. The molecule has 2 fully saturated rings. The van der Waals surface area contributed by atoms with Crippen LogP contribution in [-0.2, 0) is 11.3 Å². The molecule has 2 amide bonds. The largest absolute Gasteiger partial charge is 0.394 e. The van der Waals surface area contributed by atoms with Crippen LogP contribution >= 0.6 is 11.3 Å². The number of hydrogen-bond donors (Lipinski definition) is 1. The maximum atomic E-state index is 12.8. The number of thiophene rings is 1. The van der Waals surface area contributed by atoms with E-state index in [-0.39, 0.29) is 18.4 Å². The van der Waals surface area contributed by atoms with E-state index in [0.717, 1.165) is 30.8 Å². The second-order valence-corrected chi connectivity index (χ2v) is 8.85. The fourth-order valence-electron chi connectivity index (χ4n) is 4.36. The molecule has 4 heterocycles. The van der Waals surface area contributed by atoms with Crippen LogP contribution in [0.15, 0.2) is 29.8 Å². The molecule has 0 saturated carbocycles. The first-order valence-electron chi connectivity index (χ1n) is 10.6. The Morgan fingerprint density at radius 2 is 1.80 bits per heavy atom. The third kappa shape index (κ3) is 4.74. The summed E-state index contributed by atoms with van der Waals surface area (Å²) in [6.07, 6.45) is 3.78. The van der Waals surface area contributed by atoms with Crippen LogP contribution in [0.25, 0.3) is 0 Å². The van der Waals surface area contributed by atoms with Crippen LogP contribution in [0.3, 0.4) is 0 Å². The van der Waals surface area contributed by atoms with Crippen LogP contribution in [-0.4, -0.2) is 93.8 Å². The second-order valence-electron chi connectivity index (χ2n) is 7.90. The van der Waals surface area contributed by atoms with Gasteiger partial charge in [0, 0.05) is 44.0 Å². The molecule has 2 saturated heterocycles. The first-order valence-corrected chi connectivity index (χ1v) is 11.5. The zero-order chi connectivity index (χ0) is 20.9. The first kappa shape index (κ1) is 21.0. The van der Waals surface area contributed by atoms with Gasteiger partial charge in [0.2, 0.25) is 5.91 Å². The maximum Gasteiger partial charge on any atom is 0.264 e. The number of piperazine rings is 1. The van der Waals surface area contributed by atoms with E-state index in [4.69, 9.17) is 0 Å². The molecule has 162 valence electrons. The fourth-order valence-corrected chi connectivity index (χ4v) is 5.06. The van der Waals surface area contributed by atoms with Gasteiger partial charge in [0.05, 0.1) is 24.6 Å². The van der Waals surface area contributed by atoms with E-state index >= 15 is 0 Å². The number of carbonyl (C=O) groups is 2. The summed E-state index contributed by atoms with van der Waals surface area (Å²) in [6.45, 7) is 5.24. The maximum absolute atomic E-state index is 12.8. The molecule has 2 aliphatic rings. The van der Waals surface area contributed by atoms with Gasteiger partial charge in [-0.25, -0.2) is 0 Å². The molecule has 30 heavy (non-hydrogen) atoms. The summed E-state index contributed by atoms with van der Waals surface area (Å²) in [6, 6.07) is 5.78. The van der Waals surface area contributed by atoms with Crippen molar-refractivity contribution < 1.29 is 14.7 Å². The average Bonchev–Trinajstić information content (AvgIpc) is 3.47. The zero-order valence-electron chi connectivity index (χ0n) is 17.2. The molecule has 0 radical (unpaired) electrons. The van der Waals surface area contributed by atoms with E-state index in [2.05, 4.69) is 10.00 Å². The molecule has 0 spiro atoms. The molecule has 2 aliphatic heterocycles. The Labute approximate surface area is 180 Å². The van der Waals surface area contributed by atoms with E-state index in [1.54, 1.807) is 6.20 Å². The van der Waals surface area contributed by atoms with Gasteiger partial charge in [-0.2, -0.15) is 5.10 Å². The number of aliphatic hydroxyl groups excluding tert-OH is 1. The van der Waals surface area contributed by atoms with Crippen LogP contribution in [0.1, 0.15) is 34.1 Å². The molecule has 2 aromatic heterocycles. The van der Waals surface area contributed by atoms with Crippen LogP contribution in [0.2, 0.25) is 0 Å². The van der Waals surface area contributed by atoms with Crippen molar-refractivity contribution in [1.29, 1.82) is 0 Å². The Kier molecular flexibility index (Phi) is 6.81. The highest BCUT2D eigenvalue weighted by atomic mass is 32.1. The van der Waals surface area contributed by atoms with Crippen molar-refractivity contribution in [2.45, 2.75) is 25.3 Å². The number of rotatable bonds is 6. The van der Waals surface area contributed by atoms with Crippen molar-refractivity contribution >= 4 is 23.2 Å². The molecular weight excluding hydrogens is 402 g/mol. The number of nitrogens with zero attached hydrogens (tertiary/aromatic N) is 5. The van der Waals surface area contributed by atoms with Crippen molar-refractivity contribution in [2.24, 2.45) is 0 Å². The molecule has 0 aromatic carbocycles. The zero-order valence-corrected chi connectivity index (χ0v) is 18.0. The summed E-state index contributed by atoms with van der Waals surface area (Å²) >= 11 is 1.46. The molecule has 4 rings (SSSR count). The molecule has 2 aromatic rings. The van der Waals surface area contributed by atoms with Gasteiger partial charge in [-0.1, -0.05) is 6.07 Å². The number of aromatic nitrogens is 2. The number of carbonyl (C=O) groups excluding carboxylic acids is 2. The van der Waals surface area contributed by atoms with Gasteiger partial charge < -0.3 is 14.9 Å². The Balaban J connectivity index is 1.22.